The highest BCUT2D eigenvalue weighted by atomic mass is 32.1. The third-order valence-electron chi connectivity index (χ3n) is 1.70. The molecule has 0 saturated carbocycles. The molecule has 2 aromatic rings. The maximum Gasteiger partial charge on any atom is 0.143 e. The molecule has 0 bridgehead atoms. The fraction of sp³-hybridized carbons (Fsp3) is 0.333. The van der Waals surface area contributed by atoms with Gasteiger partial charge in [-0.1, -0.05) is 11.3 Å². The second-order valence-corrected chi connectivity index (χ2v) is 3.84. The van der Waals surface area contributed by atoms with Gasteiger partial charge in [0.1, 0.15) is 15.4 Å². The Morgan fingerprint density at radius 3 is 3.21 bits per heavy atom. The van der Waals surface area contributed by atoms with Crippen LogP contribution in [0.15, 0.2) is 18.3 Å². The van der Waals surface area contributed by atoms with Crippen LogP contribution in [0, 0.1) is 0 Å². The molecule has 0 amide bonds. The Morgan fingerprint density at radius 2 is 2.43 bits per heavy atom. The second kappa shape index (κ2) is 4.45. The maximum atomic E-state index is 5.31. The largest absolute Gasteiger partial charge is 0.373 e. The molecule has 0 aliphatic heterocycles. The summed E-state index contributed by atoms with van der Waals surface area (Å²) in [7, 11) is 0. The average Bonchev–Trinajstić information content (AvgIpc) is 2.60. The van der Waals surface area contributed by atoms with E-state index >= 15 is 0 Å². The van der Waals surface area contributed by atoms with E-state index in [1.54, 1.807) is 17.5 Å². The van der Waals surface area contributed by atoms with Gasteiger partial charge < -0.3 is 10.5 Å². The molecule has 4 nitrogen and oxygen atoms in total. The predicted octanol–water partition coefficient (Wildman–Crippen LogP) is 1.17. The Kier molecular flexibility index (Phi) is 3.03. The summed E-state index contributed by atoms with van der Waals surface area (Å²) >= 11 is 1.56. The first-order valence-corrected chi connectivity index (χ1v) is 5.20. The van der Waals surface area contributed by atoms with Crippen molar-refractivity contribution in [2.24, 2.45) is 5.73 Å². The lowest BCUT2D eigenvalue weighted by Crippen LogP contribution is -2.07. The maximum absolute atomic E-state index is 5.31. The van der Waals surface area contributed by atoms with Crippen LogP contribution in [-0.4, -0.2) is 23.1 Å². The summed E-state index contributed by atoms with van der Waals surface area (Å²) in [5.41, 5.74) is 6.25. The molecule has 0 fully saturated rings. The summed E-state index contributed by atoms with van der Waals surface area (Å²) in [5.74, 6) is 0. The number of thiazole rings is 1. The second-order valence-electron chi connectivity index (χ2n) is 2.78. The molecule has 5 heteroatoms. The zero-order chi connectivity index (χ0) is 9.80. The number of aromatic nitrogens is 2. The number of ether oxygens (including phenoxy) is 1. The topological polar surface area (TPSA) is 61.0 Å². The van der Waals surface area contributed by atoms with Gasteiger partial charge in [0.2, 0.25) is 0 Å². The molecule has 0 spiro atoms. The van der Waals surface area contributed by atoms with E-state index in [4.69, 9.17) is 10.5 Å². The summed E-state index contributed by atoms with van der Waals surface area (Å²) in [6, 6.07) is 3.83. The fourth-order valence-corrected chi connectivity index (χ4v) is 1.96. The standard InChI is InChI=1S/C9H11N3OS/c10-3-5-13-6-8-12-7-2-1-4-11-9(7)14-8/h1-2,4H,3,5-6,10H2. The molecule has 2 N–H and O–H groups in total. The van der Waals surface area contributed by atoms with Gasteiger partial charge in [0.05, 0.1) is 13.2 Å². The normalized spacial score (nSPS) is 10.9. The van der Waals surface area contributed by atoms with Crippen LogP contribution in [0.2, 0.25) is 0 Å². The molecule has 74 valence electrons. The van der Waals surface area contributed by atoms with Gasteiger partial charge in [-0.3, -0.25) is 0 Å². The molecule has 0 aromatic carbocycles. The van der Waals surface area contributed by atoms with Crippen LogP contribution in [0.1, 0.15) is 5.01 Å². The Labute approximate surface area is 85.7 Å². The van der Waals surface area contributed by atoms with Gasteiger partial charge in [-0.15, -0.1) is 0 Å². The first kappa shape index (κ1) is 9.51. The van der Waals surface area contributed by atoms with E-state index in [1.807, 2.05) is 12.1 Å². The Morgan fingerprint density at radius 1 is 1.50 bits per heavy atom. The number of nitrogens with zero attached hydrogens (tertiary/aromatic N) is 2. The van der Waals surface area contributed by atoms with E-state index in [1.165, 1.54) is 0 Å². The van der Waals surface area contributed by atoms with E-state index in [2.05, 4.69) is 9.97 Å². The van der Waals surface area contributed by atoms with Gasteiger partial charge in [-0.05, 0) is 12.1 Å². The molecule has 0 unspecified atom stereocenters. The van der Waals surface area contributed by atoms with Gasteiger partial charge >= 0.3 is 0 Å². The molecular formula is C9H11N3OS. The first-order valence-electron chi connectivity index (χ1n) is 4.38. The lowest BCUT2D eigenvalue weighted by atomic mass is 10.5. The fourth-order valence-electron chi connectivity index (χ4n) is 1.12. The summed E-state index contributed by atoms with van der Waals surface area (Å²) in [4.78, 5) is 9.54. The molecule has 2 heterocycles. The van der Waals surface area contributed by atoms with E-state index in [0.29, 0.717) is 19.8 Å². The molecule has 0 radical (unpaired) electrons. The molecule has 2 rings (SSSR count). The molecular weight excluding hydrogens is 198 g/mol. The molecule has 2 aromatic heterocycles. The highest BCUT2D eigenvalue weighted by Gasteiger charge is 2.03. The van der Waals surface area contributed by atoms with Crippen LogP contribution in [0.25, 0.3) is 10.3 Å². The first-order chi connectivity index (χ1) is 6.90. The Bertz CT molecular complexity index is 382. The van der Waals surface area contributed by atoms with Gasteiger partial charge in [0.15, 0.2) is 0 Å². The number of nitrogens with two attached hydrogens (primary N) is 1. The minimum absolute atomic E-state index is 0.526. The number of fused-ring (bicyclic) bond motifs is 1. The average molecular weight is 209 g/mol. The van der Waals surface area contributed by atoms with E-state index in [0.717, 1.165) is 15.4 Å². The molecule has 0 aliphatic carbocycles. The monoisotopic (exact) mass is 209 g/mol. The molecule has 14 heavy (non-hydrogen) atoms. The number of hydrogen-bond acceptors (Lipinski definition) is 5. The zero-order valence-electron chi connectivity index (χ0n) is 7.64. The van der Waals surface area contributed by atoms with Crippen LogP contribution in [0.5, 0.6) is 0 Å². The Balaban J connectivity index is 2.11. The van der Waals surface area contributed by atoms with Gasteiger partial charge in [0.25, 0.3) is 0 Å². The van der Waals surface area contributed by atoms with E-state index in [9.17, 15) is 0 Å². The molecule has 0 aliphatic rings. The van der Waals surface area contributed by atoms with E-state index in [-0.39, 0.29) is 0 Å². The quantitative estimate of drug-likeness (QED) is 0.768. The summed E-state index contributed by atoms with van der Waals surface area (Å²) in [6.45, 7) is 1.64. The molecule has 0 atom stereocenters. The third kappa shape index (κ3) is 2.06. The van der Waals surface area contributed by atoms with Crippen LogP contribution in [0.4, 0.5) is 0 Å². The van der Waals surface area contributed by atoms with Gasteiger partial charge in [0, 0.05) is 12.7 Å². The number of hydrogen-bond donors (Lipinski definition) is 1. The van der Waals surface area contributed by atoms with Crippen LogP contribution >= 0.6 is 11.3 Å². The summed E-state index contributed by atoms with van der Waals surface area (Å²) in [5, 5.41) is 0.951. The lowest BCUT2D eigenvalue weighted by molar-refractivity contribution is 0.128. The van der Waals surface area contributed by atoms with Crippen molar-refractivity contribution in [3.8, 4) is 0 Å². The minimum atomic E-state index is 0.526. The minimum Gasteiger partial charge on any atom is -0.373 e. The van der Waals surface area contributed by atoms with E-state index < -0.39 is 0 Å². The number of pyridine rings is 1. The van der Waals surface area contributed by atoms with Crippen LogP contribution in [0.3, 0.4) is 0 Å². The van der Waals surface area contributed by atoms with Crippen LogP contribution in [-0.2, 0) is 11.3 Å². The zero-order valence-corrected chi connectivity index (χ0v) is 8.46. The lowest BCUT2D eigenvalue weighted by Gasteiger charge is -1.96. The van der Waals surface area contributed by atoms with Gasteiger partial charge in [-0.2, -0.15) is 0 Å². The predicted molar refractivity (Wildman–Crippen MR) is 56.1 cm³/mol. The summed E-state index contributed by atoms with van der Waals surface area (Å²) < 4.78 is 5.29. The number of rotatable bonds is 4. The highest BCUT2D eigenvalue weighted by molar-refractivity contribution is 7.18. The summed E-state index contributed by atoms with van der Waals surface area (Å²) in [6.07, 6.45) is 1.77. The van der Waals surface area contributed by atoms with Crippen molar-refractivity contribution in [3.63, 3.8) is 0 Å². The Hall–Kier alpha value is -1.04. The van der Waals surface area contributed by atoms with Gasteiger partial charge in [-0.25, -0.2) is 9.97 Å². The van der Waals surface area contributed by atoms with Crippen molar-refractivity contribution in [1.82, 2.24) is 9.97 Å². The van der Waals surface area contributed by atoms with Crippen molar-refractivity contribution in [1.29, 1.82) is 0 Å². The van der Waals surface area contributed by atoms with Crippen LogP contribution < -0.4 is 5.73 Å². The van der Waals surface area contributed by atoms with Crippen molar-refractivity contribution in [3.05, 3.63) is 23.3 Å². The van der Waals surface area contributed by atoms with Crippen molar-refractivity contribution < 1.29 is 4.74 Å². The SMILES string of the molecule is NCCOCc1nc2cccnc2s1. The molecule has 0 saturated heterocycles. The highest BCUT2D eigenvalue weighted by Crippen LogP contribution is 2.19. The van der Waals surface area contributed by atoms with Crippen molar-refractivity contribution >= 4 is 21.7 Å². The van der Waals surface area contributed by atoms with Crippen molar-refractivity contribution in [2.45, 2.75) is 6.61 Å². The smallest absolute Gasteiger partial charge is 0.143 e. The van der Waals surface area contributed by atoms with Crippen molar-refractivity contribution in [2.75, 3.05) is 13.2 Å². The third-order valence-corrected chi connectivity index (χ3v) is 2.65.